The van der Waals surface area contributed by atoms with E-state index in [2.05, 4.69) is 121 Å². The molecule has 0 radical (unpaired) electrons. The van der Waals surface area contributed by atoms with Gasteiger partial charge in [-0.15, -0.1) is 0 Å². The number of nitrogens with zero attached hydrogens (tertiary/aromatic N) is 5. The van der Waals surface area contributed by atoms with Gasteiger partial charge in [0, 0.05) is 83.6 Å². The van der Waals surface area contributed by atoms with Crippen molar-refractivity contribution in [2.45, 2.75) is 341 Å². The number of aromatic hydroxyl groups is 5. The van der Waals surface area contributed by atoms with Crippen molar-refractivity contribution in [2.24, 2.45) is 47.3 Å². The van der Waals surface area contributed by atoms with Gasteiger partial charge in [0.1, 0.15) is 28.7 Å². The van der Waals surface area contributed by atoms with Crippen molar-refractivity contribution in [3.8, 4) is 28.7 Å². The van der Waals surface area contributed by atoms with E-state index in [1.165, 1.54) is 280 Å². The smallest absolute Gasteiger partial charge is 0.115 e. The Kier molecular flexibility index (Phi) is 20.9. The van der Waals surface area contributed by atoms with Crippen molar-refractivity contribution in [1.82, 2.24) is 24.5 Å². The number of likely N-dealkylation sites (tertiary alicyclic amines) is 5. The molecule has 610 valence electrons. The molecular weight excluding hydrogens is 1390 g/mol. The number of fused-ring (bicyclic) bond motifs is 8. The van der Waals surface area contributed by atoms with Gasteiger partial charge < -0.3 is 30.6 Å². The Morgan fingerprint density at radius 3 is 1.29 bits per heavy atom. The third kappa shape index (κ3) is 13.7. The molecule has 5 aromatic carbocycles. The highest BCUT2D eigenvalue weighted by atomic mass is 16.3. The maximum atomic E-state index is 11.9. The minimum Gasteiger partial charge on any atom is -0.508 e. The van der Waals surface area contributed by atoms with E-state index in [9.17, 15) is 30.6 Å². The molecule has 5 aromatic rings. The fraction of sp³-hybridized carbons (Fsp3) is 0.686. The molecular formula is C102H141N5O6. The van der Waals surface area contributed by atoms with Crippen LogP contribution in [0.25, 0.3) is 0 Å². The standard InChI is InChI=1S/C21H29NO2.2C21H29NO.C20H27NO.C19H27NO/c23-17-7-6-16-12-19-21(24)9-2-1-8-20(21,18(16)13-17)10-11-22(19)14-15-4-3-5-15;2*1-14(15-5-6-15)22-11-10-21-9-3-2-4-18(21)20(22)12-16-7-8-17(23)13-19(16)21;22-16-7-6-15-11-19-17-3-1-2-8-20(17,18(15)12-16)9-10-21(19)13-14-4-5-14;1-13(2)7-9-20-10-8-19(4)14(3)18(20)11-15-5-6-16(21)12-17(15)19/h6-7,13,15,19,23-24H,1-5,8-12,14H2;2*7-8,13-15,18,20,23H,2-6,9-12H2,1H3;6-7,12,14,17,19,22H,1-5,8-11,13H2;5-7,12,14,18,21H,8-11H2,1-4H3/t19-,20+,21-;14-,18+,20-,21-;14-,18-,20+,21+;17-,19+,20+;14-,18+,19+/m11000/s1. The highest BCUT2D eigenvalue weighted by molar-refractivity contribution is 5.51. The molecule has 11 nitrogen and oxygen atoms in total. The van der Waals surface area contributed by atoms with Crippen LogP contribution in [-0.4, -0.2) is 155 Å². The van der Waals surface area contributed by atoms with E-state index in [1.807, 2.05) is 42.5 Å². The van der Waals surface area contributed by atoms with Crippen LogP contribution in [0.5, 0.6) is 28.7 Å². The molecule has 0 unspecified atom stereocenters. The van der Waals surface area contributed by atoms with Crippen LogP contribution in [0.3, 0.4) is 0 Å². The first kappa shape index (κ1) is 77.5. The molecule has 113 heavy (non-hydrogen) atoms. The summed E-state index contributed by atoms with van der Waals surface area (Å²) in [7, 11) is 0. The molecule has 11 heteroatoms. The second-order valence-corrected chi connectivity index (χ2v) is 41.8. The Morgan fingerprint density at radius 1 is 0.398 bits per heavy atom. The zero-order chi connectivity index (χ0) is 77.5. The predicted molar refractivity (Wildman–Crippen MR) is 456 cm³/mol. The van der Waals surface area contributed by atoms with Gasteiger partial charge >= 0.3 is 0 Å². The molecule has 5 heterocycles. The average molecular weight is 1530 g/mol. The predicted octanol–water partition coefficient (Wildman–Crippen LogP) is 19.6. The van der Waals surface area contributed by atoms with E-state index in [0.29, 0.717) is 57.0 Å². The lowest BCUT2D eigenvalue weighted by Gasteiger charge is -2.64. The number of phenolic OH excluding ortho intramolecular Hbond substituents is 5. The summed E-state index contributed by atoms with van der Waals surface area (Å²) in [4.78, 5) is 13.9. The Hall–Kier alpha value is -5.40. The summed E-state index contributed by atoms with van der Waals surface area (Å²) < 4.78 is 0. The normalized spacial score (nSPS) is 36.8. The van der Waals surface area contributed by atoms with E-state index in [-0.39, 0.29) is 16.9 Å². The fourth-order valence-corrected chi connectivity index (χ4v) is 29.2. The Morgan fingerprint density at radius 2 is 0.805 bits per heavy atom. The number of piperidine rings is 5. The van der Waals surface area contributed by atoms with Crippen molar-refractivity contribution in [2.75, 3.05) is 52.4 Å². The summed E-state index contributed by atoms with van der Waals surface area (Å²) in [5.74, 6) is 9.05. The molecule has 8 saturated carbocycles. The first-order chi connectivity index (χ1) is 54.7. The van der Waals surface area contributed by atoms with Crippen molar-refractivity contribution in [3.05, 3.63) is 158 Å². The minimum absolute atomic E-state index is 0.127. The van der Waals surface area contributed by atoms with E-state index in [4.69, 9.17) is 0 Å². The quantitative estimate of drug-likeness (QED) is 0.0746. The third-order valence-electron chi connectivity index (χ3n) is 36.1. The Labute approximate surface area is 679 Å². The largest absolute Gasteiger partial charge is 0.508 e. The number of rotatable bonds is 10. The van der Waals surface area contributed by atoms with Crippen molar-refractivity contribution < 1.29 is 30.6 Å². The van der Waals surface area contributed by atoms with Crippen LogP contribution in [0, 0.1) is 47.3 Å². The van der Waals surface area contributed by atoms with E-state index >= 15 is 0 Å². The SMILES string of the molecule is CC(C)=CCN1CC[C@@]2(C)c3cc(O)ccc3C[C@@H]1[C@@H]2C.C[C@@H](C1CC1)N1CC[C@]23CCCC[C@H]2[C@H]1Cc1ccc(O)cc13.C[C@H](C1CC1)N1CC[C@]23CCCC[C@H]2[C@H]1Cc1ccc(O)cc13.Oc1ccc2c(c1)[C@@]13CCCC[C@@]1(O)[C@@H](C2)N(CC1CCC1)CC3.Oc1ccc2c(c1)[C@@]13CCCC[C@H]1[C@@H](C2)N(CC1CC1)CC3. The van der Waals surface area contributed by atoms with Crippen LogP contribution in [0.1, 0.15) is 290 Å². The average Bonchev–Trinajstić information content (AvgIpc) is 1.68. The van der Waals surface area contributed by atoms with Crippen LogP contribution in [0.2, 0.25) is 0 Å². The minimum atomic E-state index is -0.603. The molecule has 5 aliphatic heterocycles. The number of benzene rings is 5. The summed E-state index contributed by atoms with van der Waals surface area (Å²) in [6, 6.07) is 35.3. The molecule has 5 saturated heterocycles. The van der Waals surface area contributed by atoms with Crippen LogP contribution in [0.4, 0.5) is 0 Å². The van der Waals surface area contributed by atoms with Crippen LogP contribution >= 0.6 is 0 Å². The third-order valence-corrected chi connectivity index (χ3v) is 36.1. The van der Waals surface area contributed by atoms with Gasteiger partial charge in [-0.3, -0.25) is 24.5 Å². The van der Waals surface area contributed by atoms with Crippen LogP contribution in [-0.2, 0) is 59.2 Å². The molecule has 17 atom stereocenters. The van der Waals surface area contributed by atoms with Crippen molar-refractivity contribution >= 4 is 0 Å². The summed E-state index contributed by atoms with van der Waals surface area (Å²) in [5, 5.41) is 62.1. The highest BCUT2D eigenvalue weighted by Crippen LogP contribution is 2.63. The van der Waals surface area contributed by atoms with Gasteiger partial charge in [0.25, 0.3) is 0 Å². The van der Waals surface area contributed by atoms with Crippen molar-refractivity contribution in [1.29, 1.82) is 0 Å². The fourth-order valence-electron chi connectivity index (χ4n) is 29.2. The second kappa shape index (κ2) is 30.4. The number of hydrogen-bond acceptors (Lipinski definition) is 11. The second-order valence-electron chi connectivity index (χ2n) is 41.8. The van der Waals surface area contributed by atoms with Crippen molar-refractivity contribution in [3.63, 3.8) is 0 Å². The number of hydrogen-bond donors (Lipinski definition) is 6. The van der Waals surface area contributed by atoms with Gasteiger partial charge in [-0.2, -0.15) is 0 Å². The van der Waals surface area contributed by atoms with Gasteiger partial charge in [0.05, 0.1) is 5.60 Å². The molecule has 6 N–H and O–H groups in total. The first-order valence-corrected chi connectivity index (χ1v) is 46.9. The van der Waals surface area contributed by atoms with E-state index in [1.54, 1.807) is 0 Å². The molecule has 10 bridgehead atoms. The first-order valence-electron chi connectivity index (χ1n) is 46.9. The molecule has 0 spiro atoms. The number of allylic oxidation sites excluding steroid dienone is 1. The molecule has 18 aliphatic rings. The zero-order valence-corrected chi connectivity index (χ0v) is 70.2. The number of aliphatic hydroxyl groups is 1. The summed E-state index contributed by atoms with van der Waals surface area (Å²) in [5.41, 5.74) is 16.6. The summed E-state index contributed by atoms with van der Waals surface area (Å²) in [6.45, 7) is 23.8. The maximum absolute atomic E-state index is 11.9. The van der Waals surface area contributed by atoms with Crippen LogP contribution in [0.15, 0.2) is 103 Å². The highest BCUT2D eigenvalue weighted by Gasteiger charge is 2.64. The summed E-state index contributed by atoms with van der Waals surface area (Å²) in [6.07, 6.45) is 48.0. The molecule has 13 aliphatic carbocycles. The molecule has 23 rings (SSSR count). The molecule has 0 aromatic heterocycles. The van der Waals surface area contributed by atoms with E-state index < -0.39 is 5.60 Å². The molecule has 0 amide bonds. The monoisotopic (exact) mass is 1530 g/mol. The lowest BCUT2D eigenvalue weighted by atomic mass is 9.49. The van der Waals surface area contributed by atoms with Gasteiger partial charge in [-0.1, -0.05) is 114 Å². The number of phenols is 5. The maximum Gasteiger partial charge on any atom is 0.115 e. The van der Waals surface area contributed by atoms with Gasteiger partial charge in [-0.25, -0.2) is 0 Å². The zero-order valence-electron chi connectivity index (χ0n) is 70.2. The molecule has 13 fully saturated rings. The van der Waals surface area contributed by atoms with Gasteiger partial charge in [0.15, 0.2) is 0 Å². The van der Waals surface area contributed by atoms with Gasteiger partial charge in [0.2, 0.25) is 0 Å². The summed E-state index contributed by atoms with van der Waals surface area (Å²) >= 11 is 0. The van der Waals surface area contributed by atoms with Crippen LogP contribution < -0.4 is 0 Å². The Bertz CT molecular complexity index is 4210. The Balaban J connectivity index is 0.0000000950. The lowest BCUT2D eigenvalue weighted by molar-refractivity contribution is -0.169. The topological polar surface area (TPSA) is 138 Å². The van der Waals surface area contributed by atoms with E-state index in [0.717, 1.165) is 130 Å². The lowest BCUT2D eigenvalue weighted by Crippen LogP contribution is -2.72. The van der Waals surface area contributed by atoms with Gasteiger partial charge in [-0.05, 0) is 396 Å².